The van der Waals surface area contributed by atoms with Crippen LogP contribution < -0.4 is 20.9 Å². The molecule has 0 unspecified atom stereocenters. The van der Waals surface area contributed by atoms with Crippen LogP contribution in [0.2, 0.25) is 0 Å². The minimum Gasteiger partial charge on any atom is -0.353 e. The summed E-state index contributed by atoms with van der Waals surface area (Å²) in [4.78, 5) is 44.6. The molecule has 1 fully saturated rings. The van der Waals surface area contributed by atoms with E-state index in [-0.39, 0.29) is 11.8 Å². The molecule has 0 aliphatic carbocycles. The number of hydrogen-bond acceptors (Lipinski definition) is 14. The maximum Gasteiger partial charge on any atom is 0.253 e. The summed E-state index contributed by atoms with van der Waals surface area (Å²) in [6, 6.07) is 42.6. The van der Waals surface area contributed by atoms with Crippen LogP contribution in [0, 0.1) is 0 Å². The molecule has 11 rings (SSSR count). The Morgan fingerprint density at radius 2 is 1.18 bits per heavy atom. The molecule has 1 aliphatic rings. The van der Waals surface area contributed by atoms with Crippen molar-refractivity contribution in [3.05, 3.63) is 167 Å². The van der Waals surface area contributed by atoms with Crippen LogP contribution in [0.1, 0.15) is 37.4 Å². The molecule has 66 heavy (non-hydrogen) atoms. The Kier molecular flexibility index (Phi) is 10.5. The normalized spacial score (nSPS) is 12.8. The van der Waals surface area contributed by atoms with Gasteiger partial charge < -0.3 is 25.8 Å². The van der Waals surface area contributed by atoms with Crippen LogP contribution in [0.5, 0.6) is 0 Å². The molecule has 6 heterocycles. The van der Waals surface area contributed by atoms with E-state index in [0.717, 1.165) is 69.0 Å². The van der Waals surface area contributed by atoms with Crippen LogP contribution in [0.15, 0.2) is 140 Å². The highest BCUT2D eigenvalue weighted by atomic mass is 16.2. The molecule has 5 aromatic heterocycles. The van der Waals surface area contributed by atoms with E-state index in [1.165, 1.54) is 0 Å². The van der Waals surface area contributed by atoms with Gasteiger partial charge in [0.25, 0.3) is 11.8 Å². The van der Waals surface area contributed by atoms with Crippen molar-refractivity contribution in [2.45, 2.75) is 12.8 Å². The highest BCUT2D eigenvalue weighted by Gasteiger charge is 2.23. The first-order chi connectivity index (χ1) is 32.5. The molecule has 5 aromatic carbocycles. The van der Waals surface area contributed by atoms with E-state index in [1.807, 2.05) is 89.8 Å². The third kappa shape index (κ3) is 8.09. The lowest BCUT2D eigenvalue weighted by atomic mass is 10.0. The SMILES string of the molecule is O=C(NCCc1ccc(Cc2ccc3c(c2)nc(Nc2ccc(C(=O)N4CCN(c5ccccn5)CC4)cc2)c2nnnn23)cc1)c1ccc(Nc2nc3ccccc3n3nnnc23)cc1. The second-order valence-electron chi connectivity index (χ2n) is 15.9. The number of piperazine rings is 1. The Balaban J connectivity index is 0.690. The van der Waals surface area contributed by atoms with Gasteiger partial charge in [0, 0.05) is 61.4 Å². The van der Waals surface area contributed by atoms with Gasteiger partial charge in [-0.1, -0.05) is 48.5 Å². The summed E-state index contributed by atoms with van der Waals surface area (Å²) in [6.07, 6.45) is 3.17. The zero-order valence-electron chi connectivity index (χ0n) is 35.4. The molecule has 0 bridgehead atoms. The van der Waals surface area contributed by atoms with E-state index in [1.54, 1.807) is 27.4 Å². The van der Waals surface area contributed by atoms with Crippen molar-refractivity contribution in [3.63, 3.8) is 0 Å². The van der Waals surface area contributed by atoms with Gasteiger partial charge in [0.15, 0.2) is 11.6 Å². The lowest BCUT2D eigenvalue weighted by Crippen LogP contribution is -2.49. The first kappa shape index (κ1) is 39.9. The van der Waals surface area contributed by atoms with E-state index in [2.05, 4.69) is 93.3 Å². The highest BCUT2D eigenvalue weighted by molar-refractivity contribution is 5.95. The molecule has 3 N–H and O–H groups in total. The number of carbonyl (C=O) groups excluding carboxylic acids is 2. The third-order valence-electron chi connectivity index (χ3n) is 11.7. The second-order valence-corrected chi connectivity index (χ2v) is 15.9. The molecule has 0 spiro atoms. The monoisotopic (exact) mass is 872 g/mol. The zero-order chi connectivity index (χ0) is 44.4. The molecule has 18 nitrogen and oxygen atoms in total. The number of aromatic nitrogens is 11. The number of nitrogens with zero attached hydrogens (tertiary/aromatic N) is 13. The number of rotatable bonds is 12. The summed E-state index contributed by atoms with van der Waals surface area (Å²) < 4.78 is 3.32. The second kappa shape index (κ2) is 17.3. The fourth-order valence-electron chi connectivity index (χ4n) is 8.21. The van der Waals surface area contributed by atoms with E-state index in [0.29, 0.717) is 66.5 Å². The van der Waals surface area contributed by atoms with Crippen molar-refractivity contribution in [3.8, 4) is 0 Å². The van der Waals surface area contributed by atoms with Gasteiger partial charge in [0.2, 0.25) is 11.3 Å². The van der Waals surface area contributed by atoms with Gasteiger partial charge >= 0.3 is 0 Å². The van der Waals surface area contributed by atoms with Gasteiger partial charge in [-0.15, -0.1) is 10.2 Å². The summed E-state index contributed by atoms with van der Waals surface area (Å²) in [5, 5.41) is 34.2. The van der Waals surface area contributed by atoms with Crippen LogP contribution in [-0.2, 0) is 12.8 Å². The van der Waals surface area contributed by atoms with Crippen LogP contribution in [0.4, 0.5) is 28.8 Å². The van der Waals surface area contributed by atoms with E-state index < -0.39 is 0 Å². The lowest BCUT2D eigenvalue weighted by Gasteiger charge is -2.35. The van der Waals surface area contributed by atoms with Gasteiger partial charge in [-0.2, -0.15) is 9.03 Å². The summed E-state index contributed by atoms with van der Waals surface area (Å²) in [5.74, 6) is 1.80. The average molecular weight is 873 g/mol. The van der Waals surface area contributed by atoms with Gasteiger partial charge in [-0.05, 0) is 135 Å². The Hall–Kier alpha value is -8.93. The molecule has 10 aromatic rings. The van der Waals surface area contributed by atoms with Crippen molar-refractivity contribution >= 4 is 74.0 Å². The third-order valence-corrected chi connectivity index (χ3v) is 11.7. The molecular formula is C48H40N16O2. The number of para-hydroxylation sites is 2. The smallest absolute Gasteiger partial charge is 0.253 e. The van der Waals surface area contributed by atoms with Gasteiger partial charge in [-0.3, -0.25) is 9.59 Å². The predicted octanol–water partition coefficient (Wildman–Crippen LogP) is 6.07. The zero-order valence-corrected chi connectivity index (χ0v) is 35.4. The Bertz CT molecular complexity index is 3370. The molecule has 0 atom stereocenters. The first-order valence-corrected chi connectivity index (χ1v) is 21.5. The molecule has 18 heteroatoms. The van der Waals surface area contributed by atoms with Gasteiger partial charge in [-0.25, -0.2) is 15.0 Å². The van der Waals surface area contributed by atoms with Crippen molar-refractivity contribution < 1.29 is 9.59 Å². The number of nitrogens with one attached hydrogen (secondary N) is 3. The summed E-state index contributed by atoms with van der Waals surface area (Å²) >= 11 is 0. The van der Waals surface area contributed by atoms with Crippen molar-refractivity contribution in [1.82, 2.24) is 65.3 Å². The number of carbonyl (C=O) groups is 2. The molecule has 1 saturated heterocycles. The molecule has 324 valence electrons. The average Bonchev–Trinajstić information content (AvgIpc) is 4.08. The van der Waals surface area contributed by atoms with E-state index in [9.17, 15) is 9.59 Å². The standard InChI is InChI=1S/C48H40N16O2/c65-47(34-13-17-36(18-14-34)51-43-45-55-57-59-63(45)40-6-2-1-5-38(40)53-43)50-24-22-31-8-10-32(11-9-31)29-33-12-21-41-39(30-33)54-44(46-56-58-60-64(41)46)52-37-19-15-35(16-20-37)48(66)62-27-25-61(26-28-62)42-7-3-4-23-49-42/h1-21,23,30H,22,24-29H2,(H,50,65)(H,51,53)(H,52,54). The van der Waals surface area contributed by atoms with Gasteiger partial charge in [0.1, 0.15) is 5.82 Å². The van der Waals surface area contributed by atoms with Gasteiger partial charge in [0.05, 0.1) is 22.1 Å². The Morgan fingerprint density at radius 3 is 1.86 bits per heavy atom. The summed E-state index contributed by atoms with van der Waals surface area (Å²) in [6.45, 7) is 3.20. The lowest BCUT2D eigenvalue weighted by molar-refractivity contribution is 0.0746. The molecule has 0 radical (unpaired) electrons. The number of pyridine rings is 1. The fraction of sp³-hybridized carbons (Fsp3) is 0.146. The van der Waals surface area contributed by atoms with Crippen LogP contribution in [-0.4, -0.2) is 104 Å². The maximum atomic E-state index is 13.4. The van der Waals surface area contributed by atoms with E-state index >= 15 is 0 Å². The largest absolute Gasteiger partial charge is 0.353 e. The fourth-order valence-corrected chi connectivity index (χ4v) is 8.21. The van der Waals surface area contributed by atoms with E-state index in [4.69, 9.17) is 9.97 Å². The van der Waals surface area contributed by atoms with Crippen LogP contribution in [0.25, 0.3) is 33.4 Å². The molecular weight excluding hydrogens is 833 g/mol. The first-order valence-electron chi connectivity index (χ1n) is 21.5. The van der Waals surface area contributed by atoms with Crippen molar-refractivity contribution in [1.29, 1.82) is 0 Å². The van der Waals surface area contributed by atoms with Crippen LogP contribution in [0.3, 0.4) is 0 Å². The minimum absolute atomic E-state index is 0.000475. The topological polar surface area (TPSA) is 202 Å². The van der Waals surface area contributed by atoms with Crippen molar-refractivity contribution in [2.75, 3.05) is 48.3 Å². The molecule has 2 amide bonds. The predicted molar refractivity (Wildman–Crippen MR) is 249 cm³/mol. The summed E-state index contributed by atoms with van der Waals surface area (Å²) in [5.41, 5.74) is 10.1. The molecule has 1 aliphatic heterocycles. The summed E-state index contributed by atoms with van der Waals surface area (Å²) in [7, 11) is 0. The quantitative estimate of drug-likeness (QED) is 0.128. The Labute approximate surface area is 376 Å². The minimum atomic E-state index is -0.152. The number of amides is 2. The van der Waals surface area contributed by atoms with Crippen LogP contribution >= 0.6 is 0 Å². The highest BCUT2D eigenvalue weighted by Crippen LogP contribution is 2.26. The maximum absolute atomic E-state index is 13.4. The number of hydrogen-bond donors (Lipinski definition) is 3. The Morgan fingerprint density at radius 1 is 0.576 bits per heavy atom. The number of benzene rings is 5. The van der Waals surface area contributed by atoms with Crippen molar-refractivity contribution in [2.24, 2.45) is 0 Å². The number of anilines is 5. The number of tetrazole rings is 2. The number of fused-ring (bicyclic) bond motifs is 6. The molecule has 0 saturated carbocycles.